The molecule has 1 N–H and O–H groups in total. The first-order valence-corrected chi connectivity index (χ1v) is 7.62. The minimum absolute atomic E-state index is 0.410. The first kappa shape index (κ1) is 15.1. The van der Waals surface area contributed by atoms with Crippen molar-refractivity contribution in [3.05, 3.63) is 40.0 Å². The Morgan fingerprint density at radius 2 is 2.10 bits per heavy atom. The summed E-state index contributed by atoms with van der Waals surface area (Å²) in [5.41, 5.74) is 3.20. The molecule has 0 aliphatic heterocycles. The molecule has 3 nitrogen and oxygen atoms in total. The second kappa shape index (κ2) is 6.00. The molecule has 1 aromatic carbocycles. The van der Waals surface area contributed by atoms with Crippen LogP contribution in [0.1, 0.15) is 44.7 Å². The molecule has 2 rings (SSSR count). The molecule has 0 heterocycles. The maximum atomic E-state index is 11.7. The monoisotopic (exact) mass is 337 g/mol. The highest BCUT2D eigenvalue weighted by Gasteiger charge is 2.18. The summed E-state index contributed by atoms with van der Waals surface area (Å²) >= 11 is 3.59. The molecule has 0 unspecified atom stereocenters. The Morgan fingerprint density at radius 1 is 1.35 bits per heavy atom. The van der Waals surface area contributed by atoms with Crippen molar-refractivity contribution in [2.45, 2.75) is 45.6 Å². The van der Waals surface area contributed by atoms with Crippen molar-refractivity contribution >= 4 is 27.6 Å². The summed E-state index contributed by atoms with van der Waals surface area (Å²) in [5, 5.41) is 2.73. The topological polar surface area (TPSA) is 38.3 Å². The van der Waals surface area contributed by atoms with E-state index in [-0.39, 0.29) is 0 Å². The zero-order valence-electron chi connectivity index (χ0n) is 12.1. The molecule has 4 heteroatoms. The quantitative estimate of drug-likeness (QED) is 0.809. The van der Waals surface area contributed by atoms with Gasteiger partial charge in [0.1, 0.15) is 5.60 Å². The third kappa shape index (κ3) is 3.85. The van der Waals surface area contributed by atoms with Crippen molar-refractivity contribution in [3.8, 4) is 0 Å². The highest BCUT2D eigenvalue weighted by molar-refractivity contribution is 9.10. The van der Waals surface area contributed by atoms with Gasteiger partial charge in [-0.1, -0.05) is 28.1 Å². The van der Waals surface area contributed by atoms with Crippen molar-refractivity contribution in [1.29, 1.82) is 0 Å². The Morgan fingerprint density at radius 3 is 2.80 bits per heavy atom. The Labute approximate surface area is 128 Å². The Kier molecular flexibility index (Phi) is 4.53. The Balaban J connectivity index is 2.14. The Bertz CT molecular complexity index is 544. The van der Waals surface area contributed by atoms with Crippen LogP contribution >= 0.6 is 15.9 Å². The molecule has 0 aromatic heterocycles. The fourth-order valence-electron chi connectivity index (χ4n) is 2.31. The molecule has 1 aromatic rings. The minimum Gasteiger partial charge on any atom is -0.444 e. The van der Waals surface area contributed by atoms with E-state index in [2.05, 4.69) is 33.4 Å². The lowest BCUT2D eigenvalue weighted by Crippen LogP contribution is -2.30. The molecule has 0 saturated heterocycles. The molecule has 1 aliphatic carbocycles. The molecule has 1 amide bonds. The van der Waals surface area contributed by atoms with E-state index in [4.69, 9.17) is 4.74 Å². The summed E-state index contributed by atoms with van der Waals surface area (Å²) in [4.78, 5) is 11.7. The van der Waals surface area contributed by atoms with Gasteiger partial charge in [0.25, 0.3) is 0 Å². The largest absolute Gasteiger partial charge is 0.444 e. The summed E-state index contributed by atoms with van der Waals surface area (Å²) in [5.74, 6) is 0. The zero-order valence-corrected chi connectivity index (χ0v) is 13.7. The third-order valence-electron chi connectivity index (χ3n) is 3.10. The number of fused-ring (bicyclic) bond motifs is 1. The van der Waals surface area contributed by atoms with Gasteiger partial charge in [-0.15, -0.1) is 0 Å². The molecule has 0 spiro atoms. The van der Waals surface area contributed by atoms with Crippen LogP contribution in [-0.4, -0.2) is 11.7 Å². The summed E-state index contributed by atoms with van der Waals surface area (Å²) in [6.07, 6.45) is 4.50. The second-order valence-electron chi connectivity index (χ2n) is 5.94. The van der Waals surface area contributed by atoms with E-state index in [0.29, 0.717) is 0 Å². The second-order valence-corrected chi connectivity index (χ2v) is 6.79. The SMILES string of the molecule is CC(C)(C)OC(=O)N/C=C1\CCCc2c(Br)cccc21. The number of hydrogen-bond donors (Lipinski definition) is 1. The predicted molar refractivity (Wildman–Crippen MR) is 84.4 cm³/mol. The van der Waals surface area contributed by atoms with E-state index in [0.717, 1.165) is 29.3 Å². The van der Waals surface area contributed by atoms with Crippen molar-refractivity contribution in [1.82, 2.24) is 5.32 Å². The first-order valence-electron chi connectivity index (χ1n) is 6.83. The molecule has 0 fully saturated rings. The highest BCUT2D eigenvalue weighted by atomic mass is 79.9. The maximum absolute atomic E-state index is 11.7. The lowest BCUT2D eigenvalue weighted by molar-refractivity contribution is 0.0552. The molecule has 1 aliphatic rings. The van der Waals surface area contributed by atoms with Crippen LogP contribution in [0.3, 0.4) is 0 Å². The van der Waals surface area contributed by atoms with Crippen molar-refractivity contribution < 1.29 is 9.53 Å². The van der Waals surface area contributed by atoms with E-state index in [9.17, 15) is 4.79 Å². The average molecular weight is 338 g/mol. The smallest absolute Gasteiger partial charge is 0.411 e. The Hall–Kier alpha value is -1.29. The van der Waals surface area contributed by atoms with Gasteiger partial charge in [-0.05, 0) is 62.8 Å². The third-order valence-corrected chi connectivity index (χ3v) is 3.84. The van der Waals surface area contributed by atoms with Crippen LogP contribution in [0.25, 0.3) is 5.57 Å². The van der Waals surface area contributed by atoms with Gasteiger partial charge in [0.2, 0.25) is 0 Å². The van der Waals surface area contributed by atoms with Crippen LogP contribution in [0.2, 0.25) is 0 Å². The van der Waals surface area contributed by atoms with Gasteiger partial charge in [-0.3, -0.25) is 5.32 Å². The van der Waals surface area contributed by atoms with Crippen molar-refractivity contribution in [3.63, 3.8) is 0 Å². The zero-order chi connectivity index (χ0) is 14.8. The van der Waals surface area contributed by atoms with Gasteiger partial charge in [0, 0.05) is 10.7 Å². The molecule has 0 atom stereocenters. The van der Waals surface area contributed by atoms with E-state index in [1.165, 1.54) is 11.1 Å². The molecule has 0 bridgehead atoms. The fraction of sp³-hybridized carbons (Fsp3) is 0.438. The summed E-state index contributed by atoms with van der Waals surface area (Å²) < 4.78 is 6.37. The number of carbonyl (C=O) groups excluding carboxylic acids is 1. The van der Waals surface area contributed by atoms with Gasteiger partial charge in [0.15, 0.2) is 0 Å². The standard InChI is InChI=1S/C16H20BrNO2/c1-16(2,3)20-15(19)18-10-11-6-4-8-13-12(11)7-5-9-14(13)17/h5,7,9-10H,4,6,8H2,1-3H3,(H,18,19)/b11-10+. The highest BCUT2D eigenvalue weighted by Crippen LogP contribution is 2.34. The number of carbonyl (C=O) groups is 1. The fourth-order valence-corrected chi connectivity index (χ4v) is 2.87. The minimum atomic E-state index is -0.476. The van der Waals surface area contributed by atoms with E-state index >= 15 is 0 Å². The van der Waals surface area contributed by atoms with Crippen molar-refractivity contribution in [2.75, 3.05) is 0 Å². The number of amides is 1. The molecule has 108 valence electrons. The lowest BCUT2D eigenvalue weighted by Gasteiger charge is -2.21. The number of hydrogen-bond acceptors (Lipinski definition) is 2. The van der Waals surface area contributed by atoms with E-state index < -0.39 is 11.7 Å². The van der Waals surface area contributed by atoms with Gasteiger partial charge in [-0.2, -0.15) is 0 Å². The lowest BCUT2D eigenvalue weighted by atomic mass is 9.88. The van der Waals surface area contributed by atoms with Gasteiger partial charge in [-0.25, -0.2) is 4.79 Å². The van der Waals surface area contributed by atoms with Crippen LogP contribution in [0.15, 0.2) is 28.9 Å². The van der Waals surface area contributed by atoms with E-state index in [1.54, 1.807) is 6.20 Å². The number of ether oxygens (including phenoxy) is 1. The van der Waals surface area contributed by atoms with Crippen LogP contribution in [0.4, 0.5) is 4.79 Å². The van der Waals surface area contributed by atoms with E-state index in [1.807, 2.05) is 26.8 Å². The molecule has 0 radical (unpaired) electrons. The number of benzene rings is 1. The maximum Gasteiger partial charge on any atom is 0.411 e. The number of halogens is 1. The average Bonchev–Trinajstić information content (AvgIpc) is 2.35. The predicted octanol–water partition coefficient (Wildman–Crippen LogP) is 4.65. The van der Waals surface area contributed by atoms with Crippen LogP contribution in [0.5, 0.6) is 0 Å². The van der Waals surface area contributed by atoms with Gasteiger partial charge >= 0.3 is 6.09 Å². The molecular formula is C16H20BrNO2. The van der Waals surface area contributed by atoms with Crippen LogP contribution < -0.4 is 5.32 Å². The van der Waals surface area contributed by atoms with Crippen LogP contribution in [-0.2, 0) is 11.2 Å². The number of rotatable bonds is 1. The van der Waals surface area contributed by atoms with Crippen LogP contribution in [0, 0.1) is 0 Å². The summed E-state index contributed by atoms with van der Waals surface area (Å²) in [6.45, 7) is 5.56. The summed E-state index contributed by atoms with van der Waals surface area (Å²) in [7, 11) is 0. The molecule has 20 heavy (non-hydrogen) atoms. The molecular weight excluding hydrogens is 318 g/mol. The number of nitrogens with one attached hydrogen (secondary N) is 1. The first-order chi connectivity index (χ1) is 9.37. The van der Waals surface area contributed by atoms with Gasteiger partial charge < -0.3 is 4.74 Å². The van der Waals surface area contributed by atoms with Crippen molar-refractivity contribution in [2.24, 2.45) is 0 Å². The number of alkyl carbamates (subject to hydrolysis) is 1. The molecule has 0 saturated carbocycles. The summed E-state index contributed by atoms with van der Waals surface area (Å²) in [6, 6.07) is 6.18. The van der Waals surface area contributed by atoms with Gasteiger partial charge in [0.05, 0.1) is 0 Å². The number of allylic oxidation sites excluding steroid dienone is 1. The normalized spacial score (nSPS) is 16.7.